The first kappa shape index (κ1) is 12.0. The summed E-state index contributed by atoms with van der Waals surface area (Å²) in [6, 6.07) is 4.93. The van der Waals surface area contributed by atoms with Crippen molar-refractivity contribution in [3.63, 3.8) is 0 Å². The van der Waals surface area contributed by atoms with Crippen molar-refractivity contribution in [2.45, 2.75) is 12.3 Å². The lowest BCUT2D eigenvalue weighted by Crippen LogP contribution is -2.17. The molecule has 4 nitrogen and oxygen atoms in total. The minimum Gasteiger partial charge on any atom is -0.375 e. The van der Waals surface area contributed by atoms with Crippen molar-refractivity contribution in [3.8, 4) is 0 Å². The third kappa shape index (κ3) is 2.68. The fourth-order valence-electron chi connectivity index (χ4n) is 1.34. The van der Waals surface area contributed by atoms with E-state index >= 15 is 0 Å². The maximum absolute atomic E-state index is 10.6. The van der Waals surface area contributed by atoms with E-state index in [-0.39, 0.29) is 10.6 Å². The second kappa shape index (κ2) is 5.11. The maximum Gasteiger partial charge on any atom is 0.269 e. The van der Waals surface area contributed by atoms with Crippen LogP contribution in [0.3, 0.4) is 0 Å². The fraction of sp³-hybridized carbons (Fsp3) is 0.400. The van der Waals surface area contributed by atoms with Gasteiger partial charge >= 0.3 is 0 Å². The zero-order valence-corrected chi connectivity index (χ0v) is 10.3. The van der Waals surface area contributed by atoms with E-state index in [0.29, 0.717) is 5.33 Å². The number of nitro benzene ring substituents is 1. The third-order valence-corrected chi connectivity index (χ3v) is 2.91. The van der Waals surface area contributed by atoms with Gasteiger partial charge in [-0.05, 0) is 18.6 Å². The van der Waals surface area contributed by atoms with Crippen LogP contribution in [0.1, 0.15) is 12.5 Å². The number of alkyl halides is 1. The van der Waals surface area contributed by atoms with Gasteiger partial charge in [0.25, 0.3) is 5.69 Å². The molecule has 0 fully saturated rings. The second-order valence-electron chi connectivity index (χ2n) is 3.22. The molecule has 0 saturated heterocycles. The number of hydrogen-bond acceptors (Lipinski definition) is 3. The van der Waals surface area contributed by atoms with E-state index in [0.717, 1.165) is 17.8 Å². The SMILES string of the molecule is CCN(C)c1ccc([N+](=O)[O-])cc1CBr. The van der Waals surface area contributed by atoms with E-state index in [2.05, 4.69) is 20.8 Å². The number of nitro groups is 1. The van der Waals surface area contributed by atoms with Crippen molar-refractivity contribution in [2.24, 2.45) is 0 Å². The molecule has 1 aromatic carbocycles. The van der Waals surface area contributed by atoms with Gasteiger partial charge in [-0.1, -0.05) is 15.9 Å². The van der Waals surface area contributed by atoms with Crippen LogP contribution >= 0.6 is 15.9 Å². The average molecular weight is 273 g/mol. The van der Waals surface area contributed by atoms with Gasteiger partial charge in [-0.15, -0.1) is 0 Å². The van der Waals surface area contributed by atoms with Gasteiger partial charge < -0.3 is 4.90 Å². The number of halogens is 1. The summed E-state index contributed by atoms with van der Waals surface area (Å²) in [6.45, 7) is 2.91. The molecule has 0 aromatic heterocycles. The molecule has 5 heteroatoms. The van der Waals surface area contributed by atoms with E-state index < -0.39 is 0 Å². The minimum absolute atomic E-state index is 0.137. The van der Waals surface area contributed by atoms with E-state index in [4.69, 9.17) is 0 Å². The van der Waals surface area contributed by atoms with Gasteiger partial charge in [0, 0.05) is 36.7 Å². The van der Waals surface area contributed by atoms with E-state index in [1.54, 1.807) is 12.1 Å². The number of hydrogen-bond donors (Lipinski definition) is 0. The lowest BCUT2D eigenvalue weighted by atomic mass is 10.1. The summed E-state index contributed by atoms with van der Waals surface area (Å²) in [5.74, 6) is 0. The average Bonchev–Trinajstić information content (AvgIpc) is 2.27. The van der Waals surface area contributed by atoms with Gasteiger partial charge in [0.2, 0.25) is 0 Å². The number of nitrogens with zero attached hydrogens (tertiary/aromatic N) is 2. The monoisotopic (exact) mass is 272 g/mol. The summed E-state index contributed by atoms with van der Waals surface area (Å²) in [5.41, 5.74) is 2.10. The number of non-ortho nitro benzene ring substituents is 1. The minimum atomic E-state index is -0.373. The molecule has 15 heavy (non-hydrogen) atoms. The number of benzene rings is 1. The van der Waals surface area contributed by atoms with Crippen molar-refractivity contribution >= 4 is 27.3 Å². The first-order valence-corrected chi connectivity index (χ1v) is 5.76. The van der Waals surface area contributed by atoms with Gasteiger partial charge in [-0.25, -0.2) is 0 Å². The van der Waals surface area contributed by atoms with Crippen molar-refractivity contribution in [1.82, 2.24) is 0 Å². The molecular formula is C10H13BrN2O2. The molecule has 0 heterocycles. The molecule has 82 valence electrons. The van der Waals surface area contributed by atoms with Crippen LogP contribution in [-0.4, -0.2) is 18.5 Å². The van der Waals surface area contributed by atoms with Gasteiger partial charge in [0.05, 0.1) is 4.92 Å². The smallest absolute Gasteiger partial charge is 0.269 e. The molecule has 0 aliphatic heterocycles. The summed E-state index contributed by atoms with van der Waals surface area (Å²) in [6.07, 6.45) is 0. The summed E-state index contributed by atoms with van der Waals surface area (Å²) in [4.78, 5) is 12.3. The predicted molar refractivity (Wildman–Crippen MR) is 64.7 cm³/mol. The highest BCUT2D eigenvalue weighted by Crippen LogP contribution is 2.26. The molecule has 0 aliphatic carbocycles. The molecule has 1 aromatic rings. The first-order valence-electron chi connectivity index (χ1n) is 4.64. The maximum atomic E-state index is 10.6. The van der Waals surface area contributed by atoms with Crippen molar-refractivity contribution in [2.75, 3.05) is 18.5 Å². The van der Waals surface area contributed by atoms with Gasteiger partial charge in [0.1, 0.15) is 0 Å². The lowest BCUT2D eigenvalue weighted by Gasteiger charge is -2.19. The molecule has 0 aliphatic rings. The van der Waals surface area contributed by atoms with E-state index in [1.807, 2.05) is 14.0 Å². The van der Waals surface area contributed by atoms with Crippen molar-refractivity contribution in [1.29, 1.82) is 0 Å². The Kier molecular flexibility index (Phi) is 4.08. The highest BCUT2D eigenvalue weighted by Gasteiger charge is 2.11. The zero-order chi connectivity index (χ0) is 11.4. The molecule has 0 spiro atoms. The van der Waals surface area contributed by atoms with Crippen LogP contribution in [-0.2, 0) is 5.33 Å². The quantitative estimate of drug-likeness (QED) is 0.481. The van der Waals surface area contributed by atoms with Crippen LogP contribution in [0.2, 0.25) is 0 Å². The molecule has 0 bridgehead atoms. The Morgan fingerprint density at radius 3 is 2.67 bits per heavy atom. The van der Waals surface area contributed by atoms with E-state index in [1.165, 1.54) is 6.07 Å². The first-order chi connectivity index (χ1) is 7.10. The highest BCUT2D eigenvalue weighted by molar-refractivity contribution is 9.08. The normalized spacial score (nSPS) is 10.1. The summed E-state index contributed by atoms with van der Waals surface area (Å²) < 4.78 is 0. The Morgan fingerprint density at radius 2 is 2.20 bits per heavy atom. The topological polar surface area (TPSA) is 46.4 Å². The molecule has 0 saturated carbocycles. The van der Waals surface area contributed by atoms with Crippen LogP contribution in [0.15, 0.2) is 18.2 Å². The van der Waals surface area contributed by atoms with Crippen LogP contribution in [0.25, 0.3) is 0 Å². The summed E-state index contributed by atoms with van der Waals surface area (Å²) in [7, 11) is 1.97. The van der Waals surface area contributed by atoms with Gasteiger partial charge in [0.15, 0.2) is 0 Å². The Bertz CT molecular complexity index is 368. The third-order valence-electron chi connectivity index (χ3n) is 2.30. The van der Waals surface area contributed by atoms with Crippen LogP contribution < -0.4 is 4.90 Å². The van der Waals surface area contributed by atoms with Gasteiger partial charge in [-0.3, -0.25) is 10.1 Å². The summed E-state index contributed by atoms with van der Waals surface area (Å²) in [5, 5.41) is 11.2. The number of anilines is 1. The van der Waals surface area contributed by atoms with E-state index in [9.17, 15) is 10.1 Å². The zero-order valence-electron chi connectivity index (χ0n) is 8.74. The van der Waals surface area contributed by atoms with Crippen molar-refractivity contribution in [3.05, 3.63) is 33.9 Å². The Labute approximate surface area is 97.2 Å². The molecule has 0 unspecified atom stereocenters. The Morgan fingerprint density at radius 1 is 1.53 bits per heavy atom. The molecule has 0 amide bonds. The Balaban J connectivity index is 3.14. The van der Waals surface area contributed by atoms with Gasteiger partial charge in [-0.2, -0.15) is 0 Å². The van der Waals surface area contributed by atoms with Crippen LogP contribution in [0, 0.1) is 10.1 Å². The second-order valence-corrected chi connectivity index (χ2v) is 3.78. The highest BCUT2D eigenvalue weighted by atomic mass is 79.9. The number of rotatable bonds is 4. The molecule has 0 N–H and O–H groups in total. The molecule has 1 rings (SSSR count). The largest absolute Gasteiger partial charge is 0.375 e. The molecular weight excluding hydrogens is 260 g/mol. The lowest BCUT2D eigenvalue weighted by molar-refractivity contribution is -0.384. The summed E-state index contributed by atoms with van der Waals surface area (Å²) >= 11 is 3.34. The Hall–Kier alpha value is -1.10. The standard InChI is InChI=1S/C10H13BrN2O2/c1-3-12(2)10-5-4-9(13(14)15)6-8(10)7-11/h4-6H,3,7H2,1-2H3. The van der Waals surface area contributed by atoms with Crippen LogP contribution in [0.4, 0.5) is 11.4 Å². The molecule has 0 radical (unpaired) electrons. The fourth-order valence-corrected chi connectivity index (χ4v) is 1.78. The van der Waals surface area contributed by atoms with Crippen LogP contribution in [0.5, 0.6) is 0 Å². The predicted octanol–water partition coefficient (Wildman–Crippen LogP) is 2.95. The van der Waals surface area contributed by atoms with Crippen molar-refractivity contribution < 1.29 is 4.92 Å². The molecule has 0 atom stereocenters.